The van der Waals surface area contributed by atoms with Crippen LogP contribution in [0.3, 0.4) is 0 Å². The quantitative estimate of drug-likeness (QED) is 0.904. The number of rotatable bonds is 2. The zero-order valence-corrected chi connectivity index (χ0v) is 11.9. The van der Waals surface area contributed by atoms with Gasteiger partial charge in [0, 0.05) is 23.6 Å². The zero-order valence-electron chi connectivity index (χ0n) is 10.3. The van der Waals surface area contributed by atoms with Crippen LogP contribution in [0.25, 0.3) is 0 Å². The van der Waals surface area contributed by atoms with Crippen molar-refractivity contribution in [2.75, 3.05) is 31.6 Å². The summed E-state index contributed by atoms with van der Waals surface area (Å²) < 4.78 is 1.12. The highest BCUT2D eigenvalue weighted by Crippen LogP contribution is 2.29. The molecule has 0 spiro atoms. The molecule has 1 saturated heterocycles. The van der Waals surface area contributed by atoms with Crippen molar-refractivity contribution in [2.45, 2.75) is 19.0 Å². The summed E-state index contributed by atoms with van der Waals surface area (Å²) in [7, 11) is 2.08. The molecule has 1 N–H and O–H groups in total. The van der Waals surface area contributed by atoms with Crippen molar-refractivity contribution >= 4 is 21.6 Å². The van der Waals surface area contributed by atoms with Gasteiger partial charge in [-0.2, -0.15) is 0 Å². The third-order valence-corrected chi connectivity index (χ3v) is 4.16. The number of nitrogens with zero attached hydrogens (tertiary/aromatic N) is 2. The Morgan fingerprint density at radius 2 is 2.06 bits per heavy atom. The number of aliphatic hydroxyl groups is 1. The first-order valence-corrected chi connectivity index (χ1v) is 6.75. The molecule has 1 aromatic rings. The average molecular weight is 299 g/mol. The number of hydrogen-bond donors (Lipinski definition) is 1. The molecule has 3 nitrogen and oxygen atoms in total. The van der Waals surface area contributed by atoms with Gasteiger partial charge in [-0.1, -0.05) is 12.1 Å². The van der Waals surface area contributed by atoms with E-state index in [0.29, 0.717) is 6.04 Å². The highest BCUT2D eigenvalue weighted by Gasteiger charge is 2.29. The van der Waals surface area contributed by atoms with Gasteiger partial charge >= 0.3 is 0 Å². The molecule has 94 valence electrons. The second kappa shape index (κ2) is 5.38. The van der Waals surface area contributed by atoms with Crippen LogP contribution < -0.4 is 4.90 Å². The Labute approximate surface area is 111 Å². The Bertz CT molecular complexity index is 385. The van der Waals surface area contributed by atoms with E-state index in [2.05, 4.69) is 57.9 Å². The van der Waals surface area contributed by atoms with Gasteiger partial charge < -0.3 is 10.0 Å². The standard InChI is InChI=1S/C13H19BrN2O/c1-10-7-15(2)11(9-17)8-16(10)13-6-4-3-5-12(13)14/h3-6,10-11,17H,7-9H2,1-2H3. The number of anilines is 1. The van der Waals surface area contributed by atoms with E-state index in [1.807, 2.05) is 6.07 Å². The van der Waals surface area contributed by atoms with Gasteiger partial charge in [0.15, 0.2) is 0 Å². The van der Waals surface area contributed by atoms with Crippen molar-refractivity contribution in [1.82, 2.24) is 4.90 Å². The van der Waals surface area contributed by atoms with Crippen molar-refractivity contribution in [3.8, 4) is 0 Å². The van der Waals surface area contributed by atoms with Gasteiger partial charge in [0.25, 0.3) is 0 Å². The number of piperazine rings is 1. The molecule has 17 heavy (non-hydrogen) atoms. The highest BCUT2D eigenvalue weighted by molar-refractivity contribution is 9.10. The van der Waals surface area contributed by atoms with Crippen LogP contribution in [0.2, 0.25) is 0 Å². The summed E-state index contributed by atoms with van der Waals surface area (Å²) in [5, 5.41) is 9.40. The molecule has 0 bridgehead atoms. The van der Waals surface area contributed by atoms with Crippen LogP contribution in [-0.4, -0.2) is 48.8 Å². The summed E-state index contributed by atoms with van der Waals surface area (Å²) in [4.78, 5) is 4.60. The lowest BCUT2D eigenvalue weighted by Gasteiger charge is -2.44. The van der Waals surface area contributed by atoms with Gasteiger partial charge in [-0.25, -0.2) is 0 Å². The molecule has 4 heteroatoms. The van der Waals surface area contributed by atoms with Crippen LogP contribution in [0, 0.1) is 0 Å². The summed E-state index contributed by atoms with van der Waals surface area (Å²) in [5.41, 5.74) is 1.21. The van der Waals surface area contributed by atoms with E-state index >= 15 is 0 Å². The van der Waals surface area contributed by atoms with Crippen LogP contribution >= 0.6 is 15.9 Å². The lowest BCUT2D eigenvalue weighted by atomic mass is 10.1. The van der Waals surface area contributed by atoms with Crippen LogP contribution in [0.1, 0.15) is 6.92 Å². The number of halogens is 1. The van der Waals surface area contributed by atoms with E-state index in [9.17, 15) is 5.11 Å². The lowest BCUT2D eigenvalue weighted by Crippen LogP contribution is -2.57. The van der Waals surface area contributed by atoms with Gasteiger partial charge in [0.1, 0.15) is 0 Å². The minimum absolute atomic E-state index is 0.212. The van der Waals surface area contributed by atoms with E-state index in [4.69, 9.17) is 0 Å². The fraction of sp³-hybridized carbons (Fsp3) is 0.538. The molecule has 2 unspecified atom stereocenters. The molecule has 1 heterocycles. The molecule has 0 aromatic heterocycles. The van der Waals surface area contributed by atoms with Crippen LogP contribution in [-0.2, 0) is 0 Å². The second-order valence-corrected chi connectivity index (χ2v) is 5.58. The Morgan fingerprint density at radius 1 is 1.35 bits per heavy atom. The fourth-order valence-electron chi connectivity index (χ4n) is 2.43. The third-order valence-electron chi connectivity index (χ3n) is 3.49. The van der Waals surface area contributed by atoms with E-state index in [1.165, 1.54) is 5.69 Å². The predicted molar refractivity (Wildman–Crippen MR) is 74.5 cm³/mol. The molecule has 2 atom stereocenters. The smallest absolute Gasteiger partial charge is 0.0604 e. The Kier molecular flexibility index (Phi) is 4.07. The molecule has 1 fully saturated rings. The monoisotopic (exact) mass is 298 g/mol. The first-order chi connectivity index (χ1) is 8.13. The average Bonchev–Trinajstić information content (AvgIpc) is 2.31. The Hall–Kier alpha value is -0.580. The van der Waals surface area contributed by atoms with Crippen molar-refractivity contribution in [3.05, 3.63) is 28.7 Å². The first-order valence-electron chi connectivity index (χ1n) is 5.95. The number of likely N-dealkylation sites (N-methyl/N-ethyl adjacent to an activating group) is 1. The number of para-hydroxylation sites is 1. The largest absolute Gasteiger partial charge is 0.395 e. The van der Waals surface area contributed by atoms with E-state index < -0.39 is 0 Å². The number of benzene rings is 1. The SMILES string of the molecule is CC1CN(C)C(CO)CN1c1ccccc1Br. The normalized spacial score (nSPS) is 26.2. The van der Waals surface area contributed by atoms with Crippen molar-refractivity contribution in [2.24, 2.45) is 0 Å². The fourth-order valence-corrected chi connectivity index (χ4v) is 2.94. The molecule has 1 aliphatic rings. The van der Waals surface area contributed by atoms with Crippen molar-refractivity contribution < 1.29 is 5.11 Å². The van der Waals surface area contributed by atoms with Gasteiger partial charge in [0.2, 0.25) is 0 Å². The highest BCUT2D eigenvalue weighted by atomic mass is 79.9. The lowest BCUT2D eigenvalue weighted by molar-refractivity contribution is 0.121. The summed E-state index contributed by atoms with van der Waals surface area (Å²) in [6.45, 7) is 4.29. The molecular weight excluding hydrogens is 280 g/mol. The Balaban J connectivity index is 2.23. The van der Waals surface area contributed by atoms with Gasteiger partial charge in [-0.15, -0.1) is 0 Å². The Morgan fingerprint density at radius 3 is 2.71 bits per heavy atom. The molecule has 1 aliphatic heterocycles. The molecule has 0 amide bonds. The summed E-state index contributed by atoms with van der Waals surface area (Å²) in [6, 6.07) is 8.95. The molecule has 0 saturated carbocycles. The second-order valence-electron chi connectivity index (χ2n) is 4.73. The van der Waals surface area contributed by atoms with Gasteiger partial charge in [-0.3, -0.25) is 4.90 Å². The summed E-state index contributed by atoms with van der Waals surface area (Å²) in [6.07, 6.45) is 0. The molecule has 2 rings (SSSR count). The van der Waals surface area contributed by atoms with Crippen LogP contribution in [0.15, 0.2) is 28.7 Å². The predicted octanol–water partition coefficient (Wildman–Crippen LogP) is 1.95. The van der Waals surface area contributed by atoms with Gasteiger partial charge in [0.05, 0.1) is 18.3 Å². The third kappa shape index (κ3) is 2.64. The maximum atomic E-state index is 9.40. The maximum Gasteiger partial charge on any atom is 0.0604 e. The first kappa shape index (κ1) is 12.9. The van der Waals surface area contributed by atoms with Crippen molar-refractivity contribution in [3.63, 3.8) is 0 Å². The number of hydrogen-bond acceptors (Lipinski definition) is 3. The van der Waals surface area contributed by atoms with Crippen molar-refractivity contribution in [1.29, 1.82) is 0 Å². The summed E-state index contributed by atoms with van der Waals surface area (Å²) >= 11 is 3.60. The maximum absolute atomic E-state index is 9.40. The molecule has 0 radical (unpaired) electrons. The number of aliphatic hydroxyl groups excluding tert-OH is 1. The molecular formula is C13H19BrN2O. The van der Waals surface area contributed by atoms with E-state index in [0.717, 1.165) is 17.6 Å². The van der Waals surface area contributed by atoms with Gasteiger partial charge in [-0.05, 0) is 42.0 Å². The minimum atomic E-state index is 0.212. The van der Waals surface area contributed by atoms with E-state index in [1.54, 1.807) is 0 Å². The van der Waals surface area contributed by atoms with Crippen LogP contribution in [0.4, 0.5) is 5.69 Å². The van der Waals surface area contributed by atoms with E-state index in [-0.39, 0.29) is 12.6 Å². The molecule has 0 aliphatic carbocycles. The summed E-state index contributed by atoms with van der Waals surface area (Å²) in [5.74, 6) is 0. The molecule has 1 aromatic carbocycles. The van der Waals surface area contributed by atoms with Crippen LogP contribution in [0.5, 0.6) is 0 Å². The minimum Gasteiger partial charge on any atom is -0.395 e. The topological polar surface area (TPSA) is 26.7 Å². The zero-order chi connectivity index (χ0) is 12.4.